The summed E-state index contributed by atoms with van der Waals surface area (Å²) in [6, 6.07) is 71.4. The van der Waals surface area contributed by atoms with Crippen LogP contribution in [0, 0.1) is 0 Å². The normalized spacial score (nSPS) is 11.9. The van der Waals surface area contributed by atoms with E-state index < -0.39 is 0 Å². The van der Waals surface area contributed by atoms with Gasteiger partial charge < -0.3 is 13.7 Å². The molecule has 3 heteroatoms. The number of rotatable bonds is 5. The fraction of sp³-hybridized carbons (Fsp3) is 0. The second kappa shape index (κ2) is 12.5. The van der Waals surface area contributed by atoms with Crippen LogP contribution in [0.1, 0.15) is 0 Å². The summed E-state index contributed by atoms with van der Waals surface area (Å²) < 4.78 is 13.7. The Kier molecular flexibility index (Phi) is 6.93. The van der Waals surface area contributed by atoms with Crippen LogP contribution in [0.25, 0.3) is 98.4 Å². The Hall–Kier alpha value is -7.62. The number of nitrogens with zero attached hydrogens (tertiary/aromatic N) is 1. The quantitative estimate of drug-likeness (QED) is 0.165. The minimum atomic E-state index is 0.817. The first kappa shape index (κ1) is 31.7. The van der Waals surface area contributed by atoms with Gasteiger partial charge in [-0.2, -0.15) is 0 Å². The third kappa shape index (κ3) is 4.92. The fourth-order valence-electron chi connectivity index (χ4n) is 9.02. The molecule has 0 spiro atoms. The molecule has 0 radical (unpaired) electrons. The van der Waals surface area contributed by atoms with E-state index in [1.54, 1.807) is 0 Å². The Morgan fingerprint density at radius 1 is 0.316 bits per heavy atom. The number of furan rings is 2. The van der Waals surface area contributed by atoms with Gasteiger partial charge >= 0.3 is 0 Å². The molecule has 0 unspecified atom stereocenters. The molecule has 0 aliphatic carbocycles. The summed E-state index contributed by atoms with van der Waals surface area (Å²) in [5, 5.41) is 11.5. The molecule has 3 nitrogen and oxygen atoms in total. The zero-order valence-electron chi connectivity index (χ0n) is 30.8. The molecule has 10 aromatic carbocycles. The highest BCUT2D eigenvalue weighted by Crippen LogP contribution is 2.50. The first-order valence-corrected chi connectivity index (χ1v) is 19.4. The molecule has 2 aromatic heterocycles. The molecule has 0 aliphatic rings. The smallest absolute Gasteiger partial charge is 0.160 e. The molecule has 0 N–H and O–H groups in total. The van der Waals surface area contributed by atoms with Gasteiger partial charge in [0.25, 0.3) is 0 Å². The molecule has 0 fully saturated rings. The first-order chi connectivity index (χ1) is 28.3. The number of anilines is 3. The largest absolute Gasteiger partial charge is 0.456 e. The standard InChI is InChI=1S/C54H33NO2/c1-2-12-34(13-3-1)36-22-25-39(26-23-36)55(40-27-24-35-14-4-5-15-37(35)32-40)47-29-28-44(46-33-38-16-6-7-17-41(38)42-18-8-9-19-43(42)46)52-53-50(57-54(47)52)31-30-49-51(53)45-20-10-11-21-48(45)56-49/h1-33H. The Labute approximate surface area is 328 Å². The highest BCUT2D eigenvalue weighted by atomic mass is 16.3. The van der Waals surface area contributed by atoms with E-state index in [1.165, 1.54) is 43.4 Å². The first-order valence-electron chi connectivity index (χ1n) is 19.4. The lowest BCUT2D eigenvalue weighted by Gasteiger charge is -2.26. The summed E-state index contributed by atoms with van der Waals surface area (Å²) in [4.78, 5) is 2.35. The van der Waals surface area contributed by atoms with Gasteiger partial charge in [0.15, 0.2) is 5.58 Å². The number of hydrogen-bond donors (Lipinski definition) is 0. The number of para-hydroxylation sites is 1. The van der Waals surface area contributed by atoms with Crippen molar-refractivity contribution < 1.29 is 8.83 Å². The van der Waals surface area contributed by atoms with Crippen molar-refractivity contribution >= 4 is 93.3 Å². The van der Waals surface area contributed by atoms with E-state index in [4.69, 9.17) is 8.83 Å². The summed E-state index contributed by atoms with van der Waals surface area (Å²) in [6.07, 6.45) is 0. The van der Waals surface area contributed by atoms with Crippen molar-refractivity contribution in [1.29, 1.82) is 0 Å². The average Bonchev–Trinajstić information content (AvgIpc) is 3.86. The van der Waals surface area contributed by atoms with Crippen molar-refractivity contribution in [2.45, 2.75) is 0 Å². The summed E-state index contributed by atoms with van der Waals surface area (Å²) >= 11 is 0. The van der Waals surface area contributed by atoms with E-state index in [9.17, 15) is 0 Å². The molecule has 0 atom stereocenters. The monoisotopic (exact) mass is 727 g/mol. The van der Waals surface area contributed by atoms with E-state index in [0.29, 0.717) is 0 Å². The van der Waals surface area contributed by atoms with Crippen LogP contribution >= 0.6 is 0 Å². The van der Waals surface area contributed by atoms with Crippen LogP contribution < -0.4 is 4.90 Å². The second-order valence-corrected chi connectivity index (χ2v) is 14.8. The molecule has 0 saturated heterocycles. The molecule has 0 aliphatic heterocycles. The van der Waals surface area contributed by atoms with Crippen molar-refractivity contribution in [1.82, 2.24) is 0 Å². The number of hydrogen-bond acceptors (Lipinski definition) is 3. The lowest BCUT2D eigenvalue weighted by Crippen LogP contribution is -2.10. The van der Waals surface area contributed by atoms with Gasteiger partial charge in [-0.25, -0.2) is 0 Å². The van der Waals surface area contributed by atoms with Gasteiger partial charge in [-0.1, -0.05) is 146 Å². The topological polar surface area (TPSA) is 29.5 Å². The lowest BCUT2D eigenvalue weighted by atomic mass is 9.90. The molecular formula is C54H33NO2. The van der Waals surface area contributed by atoms with Gasteiger partial charge in [0.1, 0.15) is 16.7 Å². The van der Waals surface area contributed by atoms with Gasteiger partial charge in [0.2, 0.25) is 0 Å². The predicted molar refractivity (Wildman–Crippen MR) is 239 cm³/mol. The Morgan fingerprint density at radius 3 is 1.77 bits per heavy atom. The van der Waals surface area contributed by atoms with E-state index in [1.807, 2.05) is 18.2 Å². The molecule has 2 heterocycles. The van der Waals surface area contributed by atoms with Crippen LogP contribution in [0.3, 0.4) is 0 Å². The molecule has 0 bridgehead atoms. The zero-order chi connectivity index (χ0) is 37.5. The van der Waals surface area contributed by atoms with Crippen molar-refractivity contribution in [3.05, 3.63) is 200 Å². The molecule has 12 aromatic rings. The summed E-state index contributed by atoms with van der Waals surface area (Å²) in [5.74, 6) is 0. The van der Waals surface area contributed by atoms with Crippen LogP contribution in [0.5, 0.6) is 0 Å². The Balaban J connectivity index is 1.20. The average molecular weight is 728 g/mol. The minimum absolute atomic E-state index is 0.817. The summed E-state index contributed by atoms with van der Waals surface area (Å²) in [5.41, 5.74) is 11.0. The number of fused-ring (bicyclic) bond motifs is 11. The maximum absolute atomic E-state index is 7.19. The third-order valence-electron chi connectivity index (χ3n) is 11.6. The summed E-state index contributed by atoms with van der Waals surface area (Å²) in [7, 11) is 0. The number of benzene rings is 10. The lowest BCUT2D eigenvalue weighted by molar-refractivity contribution is 0.663. The van der Waals surface area contributed by atoms with Gasteiger partial charge in [0, 0.05) is 32.9 Å². The van der Waals surface area contributed by atoms with Crippen LogP contribution in [-0.4, -0.2) is 0 Å². The van der Waals surface area contributed by atoms with Gasteiger partial charge in [0.05, 0.1) is 5.69 Å². The molecule has 266 valence electrons. The van der Waals surface area contributed by atoms with Gasteiger partial charge in [-0.15, -0.1) is 0 Å². The highest BCUT2D eigenvalue weighted by molar-refractivity contribution is 6.31. The maximum Gasteiger partial charge on any atom is 0.160 e. The van der Waals surface area contributed by atoms with E-state index in [0.717, 1.165) is 72.1 Å². The second-order valence-electron chi connectivity index (χ2n) is 14.8. The van der Waals surface area contributed by atoms with E-state index in [2.05, 4.69) is 187 Å². The zero-order valence-corrected chi connectivity index (χ0v) is 30.8. The van der Waals surface area contributed by atoms with Gasteiger partial charge in [-0.3, -0.25) is 0 Å². The molecule has 57 heavy (non-hydrogen) atoms. The molecule has 0 amide bonds. The SMILES string of the molecule is c1ccc(-c2ccc(N(c3ccc4ccccc4c3)c3ccc(-c4cc5ccccc5c5ccccc45)c4c3oc3ccc5oc6ccccc6c5c34)cc2)cc1. The van der Waals surface area contributed by atoms with Crippen molar-refractivity contribution in [3.8, 4) is 22.3 Å². The van der Waals surface area contributed by atoms with Crippen molar-refractivity contribution in [2.75, 3.05) is 4.90 Å². The van der Waals surface area contributed by atoms with Crippen LogP contribution in [-0.2, 0) is 0 Å². The minimum Gasteiger partial charge on any atom is -0.456 e. The van der Waals surface area contributed by atoms with E-state index >= 15 is 0 Å². The van der Waals surface area contributed by atoms with Crippen molar-refractivity contribution in [3.63, 3.8) is 0 Å². The van der Waals surface area contributed by atoms with Crippen LogP contribution in [0.15, 0.2) is 209 Å². The summed E-state index contributed by atoms with van der Waals surface area (Å²) in [6.45, 7) is 0. The highest BCUT2D eigenvalue weighted by Gasteiger charge is 2.26. The predicted octanol–water partition coefficient (Wildman–Crippen LogP) is 15.7. The fourth-order valence-corrected chi connectivity index (χ4v) is 9.02. The Bertz CT molecular complexity index is 3520. The van der Waals surface area contributed by atoms with Crippen molar-refractivity contribution in [2.24, 2.45) is 0 Å². The maximum atomic E-state index is 7.19. The van der Waals surface area contributed by atoms with Crippen LogP contribution in [0.2, 0.25) is 0 Å². The molecule has 12 rings (SSSR count). The molecule has 0 saturated carbocycles. The van der Waals surface area contributed by atoms with E-state index in [-0.39, 0.29) is 0 Å². The van der Waals surface area contributed by atoms with Gasteiger partial charge in [-0.05, 0) is 109 Å². The van der Waals surface area contributed by atoms with Crippen LogP contribution in [0.4, 0.5) is 17.1 Å². The Morgan fingerprint density at radius 2 is 0.947 bits per heavy atom. The molecular weight excluding hydrogens is 695 g/mol. The third-order valence-corrected chi connectivity index (χ3v) is 11.6.